The van der Waals surface area contributed by atoms with Crippen LogP contribution in [0, 0.1) is 6.92 Å². The van der Waals surface area contributed by atoms with Gasteiger partial charge in [0.1, 0.15) is 5.82 Å². The fourth-order valence-electron chi connectivity index (χ4n) is 3.91. The molecule has 4 heterocycles. The molecule has 5 rings (SSSR count). The Morgan fingerprint density at radius 1 is 1.14 bits per heavy atom. The number of benzene rings is 1. The number of aromatic amines is 1. The molecule has 6 nitrogen and oxygen atoms in total. The first-order valence-electron chi connectivity index (χ1n) is 10.1. The predicted molar refractivity (Wildman–Crippen MR) is 119 cm³/mol. The first-order valence-corrected chi connectivity index (χ1v) is 10.9. The second-order valence-corrected chi connectivity index (χ2v) is 8.65. The molecular formula is C22H24N6S. The number of hydrogen-bond donors (Lipinski definition) is 2. The number of nitrogens with zero attached hydrogens (tertiary/aromatic N) is 4. The van der Waals surface area contributed by atoms with Gasteiger partial charge in [0.05, 0.1) is 16.4 Å². The molecule has 1 fully saturated rings. The lowest BCUT2D eigenvalue weighted by Gasteiger charge is -2.26. The van der Waals surface area contributed by atoms with Crippen LogP contribution in [0.15, 0.2) is 42.7 Å². The first-order chi connectivity index (χ1) is 14.2. The molecule has 0 spiro atoms. The molecule has 0 radical (unpaired) electrons. The quantitative estimate of drug-likeness (QED) is 0.483. The second-order valence-electron chi connectivity index (χ2n) is 7.62. The van der Waals surface area contributed by atoms with E-state index in [2.05, 4.69) is 55.7 Å². The van der Waals surface area contributed by atoms with E-state index >= 15 is 0 Å². The minimum atomic E-state index is 0.851. The van der Waals surface area contributed by atoms with E-state index in [4.69, 9.17) is 4.98 Å². The van der Waals surface area contributed by atoms with Gasteiger partial charge in [0.2, 0.25) is 0 Å². The summed E-state index contributed by atoms with van der Waals surface area (Å²) in [6.07, 6.45) is 7.73. The van der Waals surface area contributed by atoms with Gasteiger partial charge in [0.15, 0.2) is 5.13 Å². The monoisotopic (exact) mass is 404 g/mol. The van der Waals surface area contributed by atoms with Crippen molar-refractivity contribution in [1.29, 1.82) is 0 Å². The van der Waals surface area contributed by atoms with Gasteiger partial charge < -0.3 is 5.32 Å². The summed E-state index contributed by atoms with van der Waals surface area (Å²) >= 11 is 1.65. The minimum absolute atomic E-state index is 0.851. The second kappa shape index (κ2) is 7.93. The van der Waals surface area contributed by atoms with Crippen molar-refractivity contribution in [3.05, 3.63) is 54.0 Å². The van der Waals surface area contributed by atoms with Crippen LogP contribution in [0.3, 0.4) is 0 Å². The summed E-state index contributed by atoms with van der Waals surface area (Å²) in [6, 6.07) is 10.6. The number of piperidine rings is 1. The van der Waals surface area contributed by atoms with Gasteiger partial charge >= 0.3 is 0 Å². The van der Waals surface area contributed by atoms with Crippen molar-refractivity contribution in [3.63, 3.8) is 0 Å². The summed E-state index contributed by atoms with van der Waals surface area (Å²) in [5.41, 5.74) is 5.64. The van der Waals surface area contributed by atoms with Crippen LogP contribution in [-0.4, -0.2) is 38.2 Å². The van der Waals surface area contributed by atoms with E-state index < -0.39 is 0 Å². The molecule has 0 aliphatic carbocycles. The highest BCUT2D eigenvalue weighted by molar-refractivity contribution is 7.22. The normalized spacial score (nSPS) is 15.1. The van der Waals surface area contributed by atoms with Crippen LogP contribution in [0.4, 0.5) is 10.9 Å². The summed E-state index contributed by atoms with van der Waals surface area (Å²) in [5.74, 6) is 0.851. The number of thiazole rings is 1. The molecule has 148 valence electrons. The van der Waals surface area contributed by atoms with Crippen LogP contribution in [-0.2, 0) is 6.54 Å². The Kier molecular flexibility index (Phi) is 4.99. The van der Waals surface area contributed by atoms with E-state index in [1.54, 1.807) is 11.3 Å². The van der Waals surface area contributed by atoms with Crippen molar-refractivity contribution in [2.45, 2.75) is 32.7 Å². The largest absolute Gasteiger partial charge is 0.316 e. The lowest BCUT2D eigenvalue weighted by Crippen LogP contribution is -2.29. The molecule has 0 atom stereocenters. The number of anilines is 2. The number of H-pyrrole nitrogens is 1. The van der Waals surface area contributed by atoms with Crippen molar-refractivity contribution in [2.24, 2.45) is 0 Å². The van der Waals surface area contributed by atoms with Crippen LogP contribution >= 0.6 is 11.3 Å². The summed E-state index contributed by atoms with van der Waals surface area (Å²) in [7, 11) is 0. The van der Waals surface area contributed by atoms with Crippen LogP contribution in [0.25, 0.3) is 21.3 Å². The Hall–Kier alpha value is -2.77. The fourth-order valence-corrected chi connectivity index (χ4v) is 4.83. The van der Waals surface area contributed by atoms with Gasteiger partial charge in [-0.3, -0.25) is 10.00 Å². The van der Waals surface area contributed by atoms with Gasteiger partial charge in [0, 0.05) is 24.0 Å². The van der Waals surface area contributed by atoms with E-state index in [1.807, 2.05) is 19.3 Å². The average Bonchev–Trinajstić information content (AvgIpc) is 3.33. The molecule has 0 amide bonds. The molecule has 1 aliphatic heterocycles. The molecule has 0 bridgehead atoms. The molecule has 4 aromatic rings. The predicted octanol–water partition coefficient (Wildman–Crippen LogP) is 5.12. The zero-order valence-corrected chi connectivity index (χ0v) is 17.3. The molecule has 2 N–H and O–H groups in total. The van der Waals surface area contributed by atoms with E-state index in [0.29, 0.717) is 0 Å². The molecule has 0 unspecified atom stereocenters. The molecule has 1 saturated heterocycles. The van der Waals surface area contributed by atoms with Crippen LogP contribution < -0.4 is 5.32 Å². The van der Waals surface area contributed by atoms with Gasteiger partial charge in [-0.25, -0.2) is 9.97 Å². The third-order valence-corrected chi connectivity index (χ3v) is 6.38. The van der Waals surface area contributed by atoms with E-state index in [9.17, 15) is 0 Å². The summed E-state index contributed by atoms with van der Waals surface area (Å²) in [4.78, 5) is 11.8. The molecule has 3 aromatic heterocycles. The van der Waals surface area contributed by atoms with Gasteiger partial charge in [-0.15, -0.1) is 0 Å². The van der Waals surface area contributed by atoms with Gasteiger partial charge in [-0.2, -0.15) is 5.10 Å². The standard InChI is InChI=1S/C22H24N6S/c1-15-18(13-24-27-15)17-5-6-19-20(12-17)29-22(25-19)26-21-11-16(7-8-23-21)14-28-9-3-2-4-10-28/h5-8,11-13H,2-4,9-10,14H2,1H3,(H,24,27)(H,23,25,26). The van der Waals surface area contributed by atoms with E-state index in [1.165, 1.54) is 37.9 Å². The molecule has 7 heteroatoms. The van der Waals surface area contributed by atoms with Crippen molar-refractivity contribution in [3.8, 4) is 11.1 Å². The number of nitrogens with one attached hydrogen (secondary N) is 2. The molecule has 0 saturated carbocycles. The highest BCUT2D eigenvalue weighted by Crippen LogP contribution is 2.32. The minimum Gasteiger partial charge on any atom is -0.316 e. The number of hydrogen-bond acceptors (Lipinski definition) is 6. The van der Waals surface area contributed by atoms with Crippen molar-refractivity contribution in [1.82, 2.24) is 25.1 Å². The summed E-state index contributed by atoms with van der Waals surface area (Å²) < 4.78 is 1.15. The lowest BCUT2D eigenvalue weighted by molar-refractivity contribution is 0.221. The topological polar surface area (TPSA) is 69.7 Å². The molecule has 1 aliphatic rings. The summed E-state index contributed by atoms with van der Waals surface area (Å²) in [5, 5.41) is 11.4. The summed E-state index contributed by atoms with van der Waals surface area (Å²) in [6.45, 7) is 5.42. The van der Waals surface area contributed by atoms with Gasteiger partial charge in [0.25, 0.3) is 0 Å². The number of rotatable bonds is 5. The van der Waals surface area contributed by atoms with Crippen LogP contribution in [0.1, 0.15) is 30.5 Å². The van der Waals surface area contributed by atoms with Crippen LogP contribution in [0.5, 0.6) is 0 Å². The van der Waals surface area contributed by atoms with Crippen molar-refractivity contribution >= 4 is 32.5 Å². The first kappa shape index (κ1) is 18.3. The molecule has 1 aromatic carbocycles. The number of pyridine rings is 1. The van der Waals surface area contributed by atoms with E-state index in [-0.39, 0.29) is 0 Å². The zero-order valence-electron chi connectivity index (χ0n) is 16.5. The molecular weight excluding hydrogens is 380 g/mol. The number of fused-ring (bicyclic) bond motifs is 1. The van der Waals surface area contributed by atoms with Gasteiger partial charge in [-0.1, -0.05) is 23.8 Å². The highest BCUT2D eigenvalue weighted by atomic mass is 32.1. The Balaban J connectivity index is 1.35. The maximum Gasteiger partial charge on any atom is 0.189 e. The Bertz CT molecular complexity index is 1130. The maximum atomic E-state index is 4.73. The smallest absolute Gasteiger partial charge is 0.189 e. The van der Waals surface area contributed by atoms with Crippen LogP contribution in [0.2, 0.25) is 0 Å². The molecule has 29 heavy (non-hydrogen) atoms. The third kappa shape index (κ3) is 4.02. The van der Waals surface area contributed by atoms with Crippen molar-refractivity contribution in [2.75, 3.05) is 18.4 Å². The average molecular weight is 405 g/mol. The number of aromatic nitrogens is 4. The Morgan fingerprint density at radius 2 is 2.03 bits per heavy atom. The Morgan fingerprint density at radius 3 is 2.86 bits per heavy atom. The van der Waals surface area contributed by atoms with E-state index in [0.717, 1.165) is 44.5 Å². The number of aryl methyl sites for hydroxylation is 1. The van der Waals surface area contributed by atoms with Crippen molar-refractivity contribution < 1.29 is 0 Å². The lowest BCUT2D eigenvalue weighted by atomic mass is 10.1. The number of likely N-dealkylation sites (tertiary alicyclic amines) is 1. The zero-order chi connectivity index (χ0) is 19.6. The SMILES string of the molecule is Cc1[nH]ncc1-c1ccc2nc(Nc3cc(CN4CCCCC4)ccn3)sc2c1. The van der Waals surface area contributed by atoms with Gasteiger partial charge in [-0.05, 0) is 68.2 Å². The maximum absolute atomic E-state index is 4.73. The highest BCUT2D eigenvalue weighted by Gasteiger charge is 2.12. The Labute approximate surface area is 174 Å². The third-order valence-electron chi connectivity index (χ3n) is 5.44. The fraction of sp³-hybridized carbons (Fsp3) is 0.318.